The highest BCUT2D eigenvalue weighted by atomic mass is 79.9. The lowest BCUT2D eigenvalue weighted by molar-refractivity contribution is 0.0160. The molecule has 1 fully saturated rings. The van der Waals surface area contributed by atoms with Crippen LogP contribution in [0.5, 0.6) is 0 Å². The van der Waals surface area contributed by atoms with E-state index in [1.54, 1.807) is 0 Å². The third kappa shape index (κ3) is 3.23. The maximum absolute atomic E-state index is 5.65. The molecule has 4 rings (SSSR count). The average Bonchev–Trinajstić information content (AvgIpc) is 3.27. The van der Waals surface area contributed by atoms with Crippen LogP contribution in [0, 0.1) is 0 Å². The summed E-state index contributed by atoms with van der Waals surface area (Å²) < 4.78 is 10.1. The van der Waals surface area contributed by atoms with Gasteiger partial charge in [-0.3, -0.25) is 0 Å². The van der Waals surface area contributed by atoms with Crippen molar-refractivity contribution < 1.29 is 4.74 Å². The first-order chi connectivity index (χ1) is 12.7. The summed E-state index contributed by atoms with van der Waals surface area (Å²) >= 11 is 3.41. The number of hydrogen-bond donors (Lipinski definition) is 0. The van der Waals surface area contributed by atoms with Gasteiger partial charge in [0.15, 0.2) is 5.65 Å². The minimum atomic E-state index is -0.0866. The lowest BCUT2D eigenvalue weighted by Crippen LogP contribution is -2.31. The molecule has 0 radical (unpaired) electrons. The molecule has 4 heterocycles. The number of hydrogen-bond acceptors (Lipinski definition) is 5. The third-order valence-electron chi connectivity index (χ3n) is 4.80. The van der Waals surface area contributed by atoms with Gasteiger partial charge in [0, 0.05) is 37.0 Å². The zero-order valence-electron chi connectivity index (χ0n) is 15.1. The van der Waals surface area contributed by atoms with Gasteiger partial charge in [0.25, 0.3) is 0 Å². The smallest absolute Gasteiger partial charge is 0.218 e. The lowest BCUT2D eigenvalue weighted by atomic mass is 10.1. The molecule has 8 heteroatoms. The summed E-state index contributed by atoms with van der Waals surface area (Å²) in [7, 11) is 0. The lowest BCUT2D eigenvalue weighted by Gasteiger charge is -2.30. The van der Waals surface area contributed by atoms with Gasteiger partial charge in [0.05, 0.1) is 6.20 Å². The number of rotatable bonds is 5. The summed E-state index contributed by atoms with van der Waals surface area (Å²) in [6.45, 7) is 6.73. The van der Waals surface area contributed by atoms with Crippen LogP contribution < -0.4 is 4.90 Å². The molecule has 0 saturated carbocycles. The molecule has 1 aliphatic rings. The van der Waals surface area contributed by atoms with Crippen LogP contribution in [0.25, 0.3) is 16.8 Å². The Morgan fingerprint density at radius 2 is 2.04 bits per heavy atom. The van der Waals surface area contributed by atoms with E-state index in [9.17, 15) is 0 Å². The summed E-state index contributed by atoms with van der Waals surface area (Å²) in [6.07, 6.45) is 7.54. The third-order valence-corrected chi connectivity index (χ3v) is 5.13. The number of aromatic nitrogens is 5. The summed E-state index contributed by atoms with van der Waals surface area (Å²) in [5.74, 6) is 1.09. The molecule has 26 heavy (non-hydrogen) atoms. The highest BCUT2D eigenvalue weighted by Crippen LogP contribution is 2.33. The van der Waals surface area contributed by atoms with Crippen LogP contribution in [-0.2, 0) is 4.74 Å². The number of ether oxygens (including phenoxy) is 1. The van der Waals surface area contributed by atoms with Gasteiger partial charge in [-0.25, -0.2) is 9.67 Å². The fraction of sp³-hybridized carbons (Fsp3) is 0.500. The summed E-state index contributed by atoms with van der Waals surface area (Å²) in [5, 5.41) is 9.08. The van der Waals surface area contributed by atoms with E-state index in [1.165, 1.54) is 19.3 Å². The van der Waals surface area contributed by atoms with E-state index < -0.39 is 0 Å². The quantitative estimate of drug-likeness (QED) is 0.628. The van der Waals surface area contributed by atoms with Crippen molar-refractivity contribution in [3.05, 3.63) is 29.3 Å². The summed E-state index contributed by atoms with van der Waals surface area (Å²) in [6, 6.07) is 4.12. The molecule has 3 aromatic heterocycles. The predicted octanol–water partition coefficient (Wildman–Crippen LogP) is 3.90. The highest BCUT2D eigenvalue weighted by Gasteiger charge is 2.21. The van der Waals surface area contributed by atoms with Crippen LogP contribution in [0.3, 0.4) is 0 Å². The molecule has 138 valence electrons. The zero-order chi connectivity index (χ0) is 18.1. The van der Waals surface area contributed by atoms with Crippen LogP contribution in [0.4, 0.5) is 5.82 Å². The van der Waals surface area contributed by atoms with Crippen molar-refractivity contribution >= 4 is 27.4 Å². The maximum atomic E-state index is 5.65. The Bertz CT molecular complexity index is 898. The van der Waals surface area contributed by atoms with Crippen molar-refractivity contribution in [3.8, 4) is 11.1 Å². The summed E-state index contributed by atoms with van der Waals surface area (Å²) in [4.78, 5) is 6.88. The number of anilines is 1. The Morgan fingerprint density at radius 3 is 2.81 bits per heavy atom. The second kappa shape index (κ2) is 7.36. The van der Waals surface area contributed by atoms with Crippen LogP contribution in [-0.4, -0.2) is 44.1 Å². The second-order valence-corrected chi connectivity index (χ2v) is 7.24. The summed E-state index contributed by atoms with van der Waals surface area (Å²) in [5.41, 5.74) is 3.02. The maximum Gasteiger partial charge on any atom is 0.218 e. The molecule has 0 N–H and O–H groups in total. The Kier molecular flexibility index (Phi) is 4.95. The Morgan fingerprint density at radius 1 is 1.23 bits per heavy atom. The van der Waals surface area contributed by atoms with Crippen molar-refractivity contribution in [2.45, 2.75) is 39.3 Å². The van der Waals surface area contributed by atoms with Gasteiger partial charge in [-0.05, 0) is 61.2 Å². The van der Waals surface area contributed by atoms with E-state index in [1.807, 2.05) is 41.5 Å². The molecule has 0 bridgehead atoms. The van der Waals surface area contributed by atoms with Crippen molar-refractivity contribution in [2.24, 2.45) is 0 Å². The number of piperidine rings is 1. The van der Waals surface area contributed by atoms with Crippen molar-refractivity contribution in [3.63, 3.8) is 0 Å². The molecule has 1 saturated heterocycles. The van der Waals surface area contributed by atoms with Crippen LogP contribution in [0.1, 0.15) is 39.3 Å². The first-order valence-corrected chi connectivity index (χ1v) is 9.93. The zero-order valence-corrected chi connectivity index (χ0v) is 16.7. The number of pyridine rings is 1. The Hall–Kier alpha value is -1.93. The minimum Gasteiger partial charge on any atom is -0.357 e. The van der Waals surface area contributed by atoms with Gasteiger partial charge in [-0.15, -0.1) is 5.10 Å². The predicted molar refractivity (Wildman–Crippen MR) is 104 cm³/mol. The van der Waals surface area contributed by atoms with Crippen LogP contribution >= 0.6 is 15.9 Å². The van der Waals surface area contributed by atoms with Crippen molar-refractivity contribution in [1.82, 2.24) is 24.4 Å². The van der Waals surface area contributed by atoms with Gasteiger partial charge in [0.2, 0.25) is 4.73 Å². The fourth-order valence-electron chi connectivity index (χ4n) is 3.54. The molecule has 1 aliphatic heterocycles. The van der Waals surface area contributed by atoms with Gasteiger partial charge >= 0.3 is 0 Å². The molecule has 0 aliphatic carbocycles. The molecule has 0 amide bonds. The minimum absolute atomic E-state index is 0.0866. The second-order valence-electron chi connectivity index (χ2n) is 6.53. The van der Waals surface area contributed by atoms with Crippen molar-refractivity contribution in [1.29, 1.82) is 0 Å². The van der Waals surface area contributed by atoms with E-state index in [0.29, 0.717) is 11.3 Å². The van der Waals surface area contributed by atoms with E-state index in [4.69, 9.17) is 4.74 Å². The monoisotopic (exact) mass is 418 g/mol. The SMILES string of the molecule is CCOC(C)n1cc(-c2ccc3nc(Br)nn3c2N2CCCCC2)cn1. The molecular formula is C18H23BrN6O. The molecule has 0 aromatic carbocycles. The topological polar surface area (TPSA) is 60.5 Å². The van der Waals surface area contributed by atoms with Gasteiger partial charge in [0.1, 0.15) is 12.0 Å². The van der Waals surface area contributed by atoms with E-state index >= 15 is 0 Å². The van der Waals surface area contributed by atoms with Gasteiger partial charge in [-0.1, -0.05) is 0 Å². The van der Waals surface area contributed by atoms with Crippen LogP contribution in [0.2, 0.25) is 0 Å². The van der Waals surface area contributed by atoms with Gasteiger partial charge < -0.3 is 9.64 Å². The average molecular weight is 419 g/mol. The fourth-order valence-corrected chi connectivity index (χ4v) is 3.88. The van der Waals surface area contributed by atoms with E-state index in [-0.39, 0.29) is 6.23 Å². The first-order valence-electron chi connectivity index (χ1n) is 9.13. The number of fused-ring (bicyclic) bond motifs is 1. The normalized spacial score (nSPS) is 16.3. The molecule has 3 aromatic rings. The van der Waals surface area contributed by atoms with Crippen molar-refractivity contribution in [2.75, 3.05) is 24.6 Å². The number of nitrogens with zero attached hydrogens (tertiary/aromatic N) is 6. The van der Waals surface area contributed by atoms with E-state index in [2.05, 4.69) is 42.1 Å². The Labute approximate surface area is 161 Å². The molecular weight excluding hydrogens is 396 g/mol. The molecule has 0 spiro atoms. The largest absolute Gasteiger partial charge is 0.357 e. The Balaban J connectivity index is 1.81. The van der Waals surface area contributed by atoms with Crippen LogP contribution in [0.15, 0.2) is 29.3 Å². The highest BCUT2D eigenvalue weighted by molar-refractivity contribution is 9.10. The molecule has 1 unspecified atom stereocenters. The van der Waals surface area contributed by atoms with Gasteiger partial charge in [-0.2, -0.15) is 9.61 Å². The first kappa shape index (κ1) is 17.5. The standard InChI is InChI=1S/C18H23BrN6O/c1-3-26-13(2)24-12-14(11-20-24)15-7-8-16-21-18(19)22-25(16)17(15)23-9-5-4-6-10-23/h7-8,11-13H,3-6,9-10H2,1-2H3. The van der Waals surface area contributed by atoms with E-state index in [0.717, 1.165) is 35.7 Å². The molecule has 1 atom stereocenters. The molecule has 7 nitrogen and oxygen atoms in total. The number of halogens is 1.